The third-order valence-corrected chi connectivity index (χ3v) is 15.6. The third-order valence-electron chi connectivity index (χ3n) is 15.6. The Hall–Kier alpha value is -8.20. The highest BCUT2D eigenvalue weighted by molar-refractivity contribution is 6.01. The predicted octanol–water partition coefficient (Wildman–Crippen LogP) is 17.7. The summed E-state index contributed by atoms with van der Waals surface area (Å²) in [7, 11) is 0. The Kier molecular flexibility index (Phi) is 8.40. The molecule has 2 nitrogen and oxygen atoms in total. The fourth-order valence-corrected chi connectivity index (χ4v) is 12.4. The van der Waals surface area contributed by atoms with Crippen LogP contribution in [0.5, 0.6) is 11.5 Å². The number of rotatable bonds is 5. The summed E-state index contributed by atoms with van der Waals surface area (Å²) in [4.78, 5) is 2.40. The topological polar surface area (TPSA) is 12.5 Å². The zero-order chi connectivity index (χ0) is 45.1. The van der Waals surface area contributed by atoms with E-state index >= 15 is 0 Å². The van der Waals surface area contributed by atoms with Gasteiger partial charge in [-0.3, -0.25) is 0 Å². The highest BCUT2D eigenvalue weighted by Crippen LogP contribution is 2.65. The van der Waals surface area contributed by atoms with E-state index in [1.54, 1.807) is 0 Å². The van der Waals surface area contributed by atoms with Crippen LogP contribution in [0.1, 0.15) is 60.1 Å². The van der Waals surface area contributed by atoms with E-state index in [4.69, 9.17) is 4.74 Å². The molecule has 0 unspecified atom stereocenters. The minimum absolute atomic E-state index is 0.228. The minimum Gasteiger partial charge on any atom is -0.455 e. The summed E-state index contributed by atoms with van der Waals surface area (Å²) < 4.78 is 7.21. The molecule has 0 radical (unpaired) electrons. The number of anilines is 3. The maximum atomic E-state index is 7.21. The summed E-state index contributed by atoms with van der Waals surface area (Å²) in [5.41, 5.74) is 20.9. The van der Waals surface area contributed by atoms with E-state index < -0.39 is 5.41 Å². The van der Waals surface area contributed by atoms with Crippen LogP contribution < -0.4 is 9.64 Å². The standard InChI is InChI=1S/C66H47NO/c1-65(2)61-40-47(28-33-54(61)55-34-32-50(41-62(55)65)67(48-21-7-4-8-22-48)49-23-15-20-45(38-49)42-16-5-3-6-17-42)46-31-35-58-56(39-46)53-26-13-14-27-57(53)66(58)59-36-29-43-18-9-11-24-51(43)63(59)68-64-52-25-12-10-19-44(52)30-37-60(64)66/h3-13,15-26,28-41H,14,27H2,1-2H3. The highest BCUT2D eigenvalue weighted by atomic mass is 16.5. The van der Waals surface area contributed by atoms with Gasteiger partial charge in [-0.25, -0.2) is 0 Å². The number of hydrogen-bond donors (Lipinski definition) is 0. The van der Waals surface area contributed by atoms with Gasteiger partial charge >= 0.3 is 0 Å². The van der Waals surface area contributed by atoms with Crippen molar-refractivity contribution in [2.75, 3.05) is 4.90 Å². The molecule has 2 heteroatoms. The second kappa shape index (κ2) is 14.6. The third kappa shape index (κ3) is 5.52. The zero-order valence-corrected chi connectivity index (χ0v) is 38.1. The number of ether oxygens (including phenoxy) is 1. The largest absolute Gasteiger partial charge is 0.455 e. The van der Waals surface area contributed by atoms with Crippen LogP contribution in [0.2, 0.25) is 0 Å². The number of hydrogen-bond acceptors (Lipinski definition) is 2. The molecule has 68 heavy (non-hydrogen) atoms. The van der Waals surface area contributed by atoms with Crippen LogP contribution in [0.25, 0.3) is 60.5 Å². The van der Waals surface area contributed by atoms with E-state index in [-0.39, 0.29) is 5.41 Å². The fraction of sp³-hybridized carbons (Fsp3) is 0.0909. The van der Waals surface area contributed by atoms with Crippen molar-refractivity contribution in [2.45, 2.75) is 37.5 Å². The number of benzene rings is 10. The van der Waals surface area contributed by atoms with Crippen molar-refractivity contribution in [3.05, 3.63) is 263 Å². The molecule has 0 saturated carbocycles. The highest BCUT2D eigenvalue weighted by Gasteiger charge is 2.53. The summed E-state index contributed by atoms with van der Waals surface area (Å²) >= 11 is 0. The van der Waals surface area contributed by atoms with Crippen LogP contribution in [0.4, 0.5) is 17.1 Å². The lowest BCUT2D eigenvalue weighted by Crippen LogP contribution is -2.33. The van der Waals surface area contributed by atoms with Crippen LogP contribution in [-0.2, 0) is 10.8 Å². The molecule has 322 valence electrons. The van der Waals surface area contributed by atoms with Gasteiger partial charge in [0, 0.05) is 44.4 Å². The summed E-state index contributed by atoms with van der Waals surface area (Å²) in [6, 6.07) is 78.6. The Morgan fingerprint density at radius 3 is 1.71 bits per heavy atom. The first-order chi connectivity index (χ1) is 33.5. The molecule has 0 bridgehead atoms. The molecule has 4 aliphatic rings. The maximum absolute atomic E-state index is 7.21. The van der Waals surface area contributed by atoms with Crippen LogP contribution in [0.3, 0.4) is 0 Å². The van der Waals surface area contributed by atoms with Gasteiger partial charge in [0.1, 0.15) is 11.5 Å². The van der Waals surface area contributed by atoms with Crippen molar-refractivity contribution in [2.24, 2.45) is 0 Å². The van der Waals surface area contributed by atoms with Gasteiger partial charge in [0.2, 0.25) is 0 Å². The molecule has 0 atom stereocenters. The van der Waals surface area contributed by atoms with Gasteiger partial charge in [0.25, 0.3) is 0 Å². The molecular weight excluding hydrogens is 823 g/mol. The summed E-state index contributed by atoms with van der Waals surface area (Å²) in [6.45, 7) is 4.80. The molecule has 1 spiro atoms. The average molecular weight is 870 g/mol. The molecule has 14 rings (SSSR count). The molecular formula is C66H47NO. The van der Waals surface area contributed by atoms with Crippen LogP contribution in [0, 0.1) is 0 Å². The molecule has 1 aliphatic heterocycles. The number of nitrogens with zero attached hydrogens (tertiary/aromatic N) is 1. The van der Waals surface area contributed by atoms with Crippen molar-refractivity contribution >= 4 is 44.2 Å². The molecule has 10 aromatic rings. The average Bonchev–Trinajstić information content (AvgIpc) is 3.81. The van der Waals surface area contributed by atoms with Gasteiger partial charge in [0.05, 0.1) is 5.41 Å². The van der Waals surface area contributed by atoms with E-state index in [2.05, 4.69) is 243 Å². The monoisotopic (exact) mass is 869 g/mol. The van der Waals surface area contributed by atoms with Crippen molar-refractivity contribution in [3.63, 3.8) is 0 Å². The lowest BCUT2D eigenvalue weighted by atomic mass is 9.63. The Bertz CT molecular complexity index is 3710. The molecule has 0 amide bonds. The Morgan fingerprint density at radius 2 is 0.971 bits per heavy atom. The van der Waals surface area contributed by atoms with Crippen LogP contribution in [0.15, 0.2) is 230 Å². The van der Waals surface area contributed by atoms with E-state index in [0.717, 1.165) is 52.2 Å². The quantitative estimate of drug-likeness (QED) is 0.171. The van der Waals surface area contributed by atoms with Gasteiger partial charge in [-0.15, -0.1) is 0 Å². The molecule has 10 aromatic carbocycles. The van der Waals surface area contributed by atoms with Gasteiger partial charge in [-0.2, -0.15) is 0 Å². The number of para-hydroxylation sites is 1. The molecule has 0 fully saturated rings. The fourth-order valence-electron chi connectivity index (χ4n) is 12.4. The Balaban J connectivity index is 0.893. The van der Waals surface area contributed by atoms with Gasteiger partial charge in [-0.1, -0.05) is 190 Å². The molecule has 0 N–H and O–H groups in total. The van der Waals surface area contributed by atoms with Crippen molar-refractivity contribution in [1.82, 2.24) is 0 Å². The summed E-state index contributed by atoms with van der Waals surface area (Å²) in [5.74, 6) is 1.95. The normalized spacial score (nSPS) is 15.3. The van der Waals surface area contributed by atoms with Gasteiger partial charge in [-0.05, 0) is 139 Å². The zero-order valence-electron chi connectivity index (χ0n) is 38.1. The summed E-state index contributed by atoms with van der Waals surface area (Å²) in [5, 5.41) is 4.69. The van der Waals surface area contributed by atoms with E-state index in [1.165, 1.54) is 88.7 Å². The van der Waals surface area contributed by atoms with E-state index in [9.17, 15) is 0 Å². The number of allylic oxidation sites excluding steroid dienone is 4. The van der Waals surface area contributed by atoms with Crippen molar-refractivity contribution < 1.29 is 4.74 Å². The summed E-state index contributed by atoms with van der Waals surface area (Å²) in [6.07, 6.45) is 6.78. The van der Waals surface area contributed by atoms with E-state index in [1.807, 2.05) is 0 Å². The lowest BCUT2D eigenvalue weighted by molar-refractivity contribution is 0.442. The second-order valence-corrected chi connectivity index (χ2v) is 19.5. The first-order valence-corrected chi connectivity index (χ1v) is 24.0. The van der Waals surface area contributed by atoms with Crippen molar-refractivity contribution in [3.8, 4) is 44.9 Å². The molecule has 1 heterocycles. The SMILES string of the molecule is CC1(C)c2cc(-c3ccc4c(c3)C3=C(CCC=C3)C43c4ccc5ccccc5c4Oc4c3ccc3ccccc43)ccc2-c2ccc(N(c3ccccc3)c3cccc(-c4ccccc4)c3)cc21. The maximum Gasteiger partial charge on any atom is 0.140 e. The van der Waals surface area contributed by atoms with Crippen LogP contribution >= 0.6 is 0 Å². The predicted molar refractivity (Wildman–Crippen MR) is 283 cm³/mol. The number of fused-ring (bicyclic) bond motifs is 15. The first-order valence-electron chi connectivity index (χ1n) is 24.0. The van der Waals surface area contributed by atoms with Crippen molar-refractivity contribution in [1.29, 1.82) is 0 Å². The minimum atomic E-state index is -0.485. The molecule has 3 aliphatic carbocycles. The lowest BCUT2D eigenvalue weighted by Gasteiger charge is -2.42. The van der Waals surface area contributed by atoms with Gasteiger partial charge in [0.15, 0.2) is 0 Å². The Labute approximate surface area is 397 Å². The Morgan fingerprint density at radius 1 is 0.412 bits per heavy atom. The van der Waals surface area contributed by atoms with Gasteiger partial charge < -0.3 is 9.64 Å². The molecule has 0 aromatic heterocycles. The second-order valence-electron chi connectivity index (χ2n) is 19.5. The molecule has 0 saturated heterocycles. The van der Waals surface area contributed by atoms with Crippen LogP contribution in [-0.4, -0.2) is 0 Å². The smallest absolute Gasteiger partial charge is 0.140 e. The first kappa shape index (κ1) is 39.0. The van der Waals surface area contributed by atoms with E-state index in [0.29, 0.717) is 0 Å².